The maximum absolute atomic E-state index is 12.4. The quantitative estimate of drug-likeness (QED) is 0.786. The summed E-state index contributed by atoms with van der Waals surface area (Å²) in [5.74, 6) is -0.261. The van der Waals surface area contributed by atoms with Crippen molar-refractivity contribution in [3.63, 3.8) is 0 Å². The summed E-state index contributed by atoms with van der Waals surface area (Å²) < 4.78 is 5.29. The van der Waals surface area contributed by atoms with Crippen LogP contribution in [0.4, 0.5) is 0 Å². The van der Waals surface area contributed by atoms with Gasteiger partial charge in [0.05, 0.1) is 18.7 Å². The Morgan fingerprint density at radius 2 is 1.85 bits per heavy atom. The van der Waals surface area contributed by atoms with E-state index in [9.17, 15) is 9.59 Å². The summed E-state index contributed by atoms with van der Waals surface area (Å²) in [6, 6.07) is -0.379. The number of methoxy groups -OCH3 is 1. The van der Waals surface area contributed by atoms with Crippen LogP contribution in [-0.4, -0.2) is 67.0 Å². The van der Waals surface area contributed by atoms with Crippen LogP contribution in [0.5, 0.6) is 0 Å². The van der Waals surface area contributed by atoms with Crippen molar-refractivity contribution in [3.8, 4) is 0 Å². The Morgan fingerprint density at radius 1 is 1.20 bits per heavy atom. The van der Waals surface area contributed by atoms with Gasteiger partial charge in [-0.2, -0.15) is 0 Å². The topological polar surface area (TPSA) is 75.9 Å². The summed E-state index contributed by atoms with van der Waals surface area (Å²) in [7, 11) is 1.63. The maximum atomic E-state index is 12.4. The SMILES string of the molecule is CO[C@H]1C[C@@H](C(N)=O)N(CC(=O)N2CCCCCC2)C1. The van der Waals surface area contributed by atoms with Gasteiger partial charge in [0.15, 0.2) is 0 Å². The number of nitrogens with zero attached hydrogens (tertiary/aromatic N) is 2. The van der Waals surface area contributed by atoms with Gasteiger partial charge < -0.3 is 15.4 Å². The molecule has 0 aromatic heterocycles. The second kappa shape index (κ2) is 7.04. The van der Waals surface area contributed by atoms with E-state index in [1.54, 1.807) is 7.11 Å². The molecule has 2 aliphatic rings. The molecule has 6 nitrogen and oxygen atoms in total. The lowest BCUT2D eigenvalue weighted by Gasteiger charge is -2.26. The highest BCUT2D eigenvalue weighted by molar-refractivity contribution is 5.83. The molecular weight excluding hydrogens is 258 g/mol. The van der Waals surface area contributed by atoms with Gasteiger partial charge in [0.2, 0.25) is 11.8 Å². The van der Waals surface area contributed by atoms with Crippen molar-refractivity contribution >= 4 is 11.8 Å². The number of carbonyl (C=O) groups excluding carboxylic acids is 2. The first-order valence-corrected chi connectivity index (χ1v) is 7.45. The zero-order valence-electron chi connectivity index (χ0n) is 12.2. The smallest absolute Gasteiger partial charge is 0.236 e. The highest BCUT2D eigenvalue weighted by Gasteiger charge is 2.37. The Kier molecular flexibility index (Phi) is 5.37. The number of nitrogens with two attached hydrogens (primary N) is 1. The van der Waals surface area contributed by atoms with Crippen molar-refractivity contribution in [1.82, 2.24) is 9.80 Å². The van der Waals surface area contributed by atoms with E-state index in [1.165, 1.54) is 12.8 Å². The molecule has 2 heterocycles. The summed E-state index contributed by atoms with van der Waals surface area (Å²) in [6.45, 7) is 2.54. The van der Waals surface area contributed by atoms with E-state index >= 15 is 0 Å². The fourth-order valence-electron chi connectivity index (χ4n) is 3.10. The summed E-state index contributed by atoms with van der Waals surface area (Å²) >= 11 is 0. The minimum absolute atomic E-state index is 0.00978. The minimum Gasteiger partial charge on any atom is -0.380 e. The van der Waals surface area contributed by atoms with E-state index in [1.807, 2.05) is 9.80 Å². The molecule has 2 N–H and O–H groups in total. The molecule has 114 valence electrons. The maximum Gasteiger partial charge on any atom is 0.236 e. The molecular formula is C14H25N3O3. The minimum atomic E-state index is -0.379. The van der Waals surface area contributed by atoms with Crippen molar-refractivity contribution in [2.45, 2.75) is 44.2 Å². The first kappa shape index (κ1) is 15.3. The molecule has 0 saturated carbocycles. The summed E-state index contributed by atoms with van der Waals surface area (Å²) in [5.41, 5.74) is 5.42. The van der Waals surface area contributed by atoms with Crippen LogP contribution in [0.2, 0.25) is 0 Å². The van der Waals surface area contributed by atoms with Gasteiger partial charge in [0.1, 0.15) is 0 Å². The molecule has 0 spiro atoms. The number of amides is 2. The number of carbonyl (C=O) groups is 2. The normalized spacial score (nSPS) is 28.4. The molecule has 2 atom stereocenters. The van der Waals surface area contributed by atoms with Crippen molar-refractivity contribution in [3.05, 3.63) is 0 Å². The van der Waals surface area contributed by atoms with Crippen molar-refractivity contribution in [2.24, 2.45) is 5.73 Å². The van der Waals surface area contributed by atoms with Crippen LogP contribution in [0.3, 0.4) is 0 Å². The standard InChI is InChI=1S/C14H25N3O3/c1-20-11-8-12(14(15)19)17(9-11)10-13(18)16-6-4-2-3-5-7-16/h11-12H,2-10H2,1H3,(H2,15,19)/t11-,12-/m0/s1. The van der Waals surface area contributed by atoms with Crippen LogP contribution >= 0.6 is 0 Å². The fraction of sp³-hybridized carbons (Fsp3) is 0.857. The molecule has 20 heavy (non-hydrogen) atoms. The second-order valence-electron chi connectivity index (χ2n) is 5.74. The number of primary amides is 1. The zero-order chi connectivity index (χ0) is 14.5. The van der Waals surface area contributed by atoms with Gasteiger partial charge >= 0.3 is 0 Å². The lowest BCUT2D eigenvalue weighted by Crippen LogP contribution is -2.46. The van der Waals surface area contributed by atoms with Gasteiger partial charge in [-0.25, -0.2) is 0 Å². The van der Waals surface area contributed by atoms with Crippen LogP contribution in [0.1, 0.15) is 32.1 Å². The molecule has 0 aromatic rings. The molecule has 2 saturated heterocycles. The Bertz CT molecular complexity index is 354. The largest absolute Gasteiger partial charge is 0.380 e. The van der Waals surface area contributed by atoms with Crippen molar-refractivity contribution in [2.75, 3.05) is 33.3 Å². The van der Waals surface area contributed by atoms with Gasteiger partial charge in [-0.1, -0.05) is 12.8 Å². The van der Waals surface area contributed by atoms with Crippen LogP contribution in [0.25, 0.3) is 0 Å². The van der Waals surface area contributed by atoms with E-state index in [-0.39, 0.29) is 30.5 Å². The third kappa shape index (κ3) is 3.70. The molecule has 2 amide bonds. The fourth-order valence-corrected chi connectivity index (χ4v) is 3.10. The van der Waals surface area contributed by atoms with Gasteiger partial charge in [0, 0.05) is 26.7 Å². The highest BCUT2D eigenvalue weighted by atomic mass is 16.5. The summed E-state index contributed by atoms with van der Waals surface area (Å²) in [6.07, 6.45) is 5.12. The number of ether oxygens (including phenoxy) is 1. The molecule has 2 rings (SSSR count). The Morgan fingerprint density at radius 3 is 2.40 bits per heavy atom. The van der Waals surface area contributed by atoms with Crippen molar-refractivity contribution in [1.29, 1.82) is 0 Å². The molecule has 0 aromatic carbocycles. The van der Waals surface area contributed by atoms with E-state index in [2.05, 4.69) is 0 Å². The lowest BCUT2D eigenvalue weighted by atomic mass is 10.2. The van der Waals surface area contributed by atoms with Crippen molar-refractivity contribution < 1.29 is 14.3 Å². The predicted molar refractivity (Wildman–Crippen MR) is 75.0 cm³/mol. The van der Waals surface area contributed by atoms with Gasteiger partial charge in [-0.05, 0) is 19.3 Å². The monoisotopic (exact) mass is 283 g/mol. The number of likely N-dealkylation sites (tertiary alicyclic amines) is 2. The molecule has 2 aliphatic heterocycles. The molecule has 0 bridgehead atoms. The number of rotatable bonds is 4. The highest BCUT2D eigenvalue weighted by Crippen LogP contribution is 2.20. The molecule has 6 heteroatoms. The Balaban J connectivity index is 1.93. The average molecular weight is 283 g/mol. The Labute approximate surface area is 120 Å². The average Bonchev–Trinajstić information content (AvgIpc) is 2.65. The number of hydrogen-bond acceptors (Lipinski definition) is 4. The molecule has 0 unspecified atom stereocenters. The van der Waals surface area contributed by atoms with Crippen LogP contribution in [0.15, 0.2) is 0 Å². The molecule has 0 radical (unpaired) electrons. The molecule has 0 aliphatic carbocycles. The first-order valence-electron chi connectivity index (χ1n) is 7.45. The van der Waals surface area contributed by atoms with E-state index in [0.29, 0.717) is 13.0 Å². The molecule has 2 fully saturated rings. The van der Waals surface area contributed by atoms with Crippen LogP contribution in [-0.2, 0) is 14.3 Å². The second-order valence-corrected chi connectivity index (χ2v) is 5.74. The predicted octanol–water partition coefficient (Wildman–Crippen LogP) is -0.0364. The first-order chi connectivity index (χ1) is 9.61. The third-order valence-corrected chi connectivity index (χ3v) is 4.32. The summed E-state index contributed by atoms with van der Waals surface area (Å²) in [4.78, 5) is 27.6. The zero-order valence-corrected chi connectivity index (χ0v) is 12.2. The van der Waals surface area contributed by atoms with E-state index in [0.717, 1.165) is 25.9 Å². The van der Waals surface area contributed by atoms with E-state index < -0.39 is 0 Å². The lowest BCUT2D eigenvalue weighted by molar-refractivity contribution is -0.133. The van der Waals surface area contributed by atoms with Crippen LogP contribution < -0.4 is 5.73 Å². The third-order valence-electron chi connectivity index (χ3n) is 4.32. The van der Waals surface area contributed by atoms with Gasteiger partial charge in [0.25, 0.3) is 0 Å². The van der Waals surface area contributed by atoms with Gasteiger partial charge in [-0.3, -0.25) is 14.5 Å². The van der Waals surface area contributed by atoms with Crippen LogP contribution in [0, 0.1) is 0 Å². The number of hydrogen-bond donors (Lipinski definition) is 1. The van der Waals surface area contributed by atoms with Gasteiger partial charge in [-0.15, -0.1) is 0 Å². The van der Waals surface area contributed by atoms with E-state index in [4.69, 9.17) is 10.5 Å². The summed E-state index contributed by atoms with van der Waals surface area (Å²) in [5, 5.41) is 0. The Hall–Kier alpha value is -1.14.